The Balaban J connectivity index is 2.77. The minimum absolute atomic E-state index is 0.204. The lowest BCUT2D eigenvalue weighted by Gasteiger charge is -2.06. The maximum absolute atomic E-state index is 12.9. The molecule has 0 aliphatic carbocycles. The molecule has 0 radical (unpaired) electrons. The van der Waals surface area contributed by atoms with Gasteiger partial charge in [0.15, 0.2) is 0 Å². The first-order chi connectivity index (χ1) is 6.11. The number of nitrogens with one attached hydrogen (secondary N) is 1. The standard InChI is InChI=1S/C9H10FNO2/c1-6-7(10)3-2-4-8(6)11-5-9(12)13/h2-4,11H,5H2,1H3,(H,12,13). The highest BCUT2D eigenvalue weighted by atomic mass is 19.1. The molecule has 0 atom stereocenters. The fraction of sp³-hybridized carbons (Fsp3) is 0.222. The maximum Gasteiger partial charge on any atom is 0.322 e. The van der Waals surface area contributed by atoms with Crippen molar-refractivity contribution < 1.29 is 14.3 Å². The molecule has 0 saturated heterocycles. The fourth-order valence-electron chi connectivity index (χ4n) is 0.970. The van der Waals surface area contributed by atoms with Gasteiger partial charge in [0, 0.05) is 11.3 Å². The highest BCUT2D eigenvalue weighted by Crippen LogP contribution is 2.16. The zero-order valence-electron chi connectivity index (χ0n) is 7.17. The summed E-state index contributed by atoms with van der Waals surface area (Å²) in [6.07, 6.45) is 0. The SMILES string of the molecule is Cc1c(F)cccc1NCC(=O)O. The van der Waals surface area contributed by atoms with Gasteiger partial charge in [-0.3, -0.25) is 4.79 Å². The third kappa shape index (κ3) is 2.43. The summed E-state index contributed by atoms with van der Waals surface area (Å²) >= 11 is 0. The number of carbonyl (C=O) groups is 1. The van der Waals surface area contributed by atoms with E-state index in [9.17, 15) is 9.18 Å². The average molecular weight is 183 g/mol. The van der Waals surface area contributed by atoms with Crippen LogP contribution in [0.25, 0.3) is 0 Å². The third-order valence-corrected chi connectivity index (χ3v) is 1.70. The van der Waals surface area contributed by atoms with Gasteiger partial charge in [-0.2, -0.15) is 0 Å². The molecule has 1 rings (SSSR count). The number of aliphatic carboxylic acids is 1. The zero-order valence-corrected chi connectivity index (χ0v) is 7.17. The molecule has 0 unspecified atom stereocenters. The Labute approximate surface area is 75.2 Å². The Morgan fingerprint density at radius 1 is 1.62 bits per heavy atom. The van der Waals surface area contributed by atoms with Crippen LogP contribution in [-0.4, -0.2) is 17.6 Å². The van der Waals surface area contributed by atoms with Crippen molar-refractivity contribution in [2.75, 3.05) is 11.9 Å². The lowest BCUT2D eigenvalue weighted by atomic mass is 10.2. The lowest BCUT2D eigenvalue weighted by molar-refractivity contribution is -0.134. The van der Waals surface area contributed by atoms with E-state index in [1.165, 1.54) is 12.1 Å². The molecular formula is C9H10FNO2. The molecule has 1 aromatic carbocycles. The highest BCUT2D eigenvalue weighted by molar-refractivity contribution is 5.73. The van der Waals surface area contributed by atoms with Gasteiger partial charge in [0.1, 0.15) is 12.4 Å². The predicted molar refractivity (Wildman–Crippen MR) is 47.3 cm³/mol. The molecule has 0 aliphatic rings. The molecule has 2 N–H and O–H groups in total. The minimum Gasteiger partial charge on any atom is -0.480 e. The van der Waals surface area contributed by atoms with Gasteiger partial charge in [-0.1, -0.05) is 6.07 Å². The molecule has 0 amide bonds. The summed E-state index contributed by atoms with van der Waals surface area (Å²) < 4.78 is 12.9. The van der Waals surface area contributed by atoms with Crippen molar-refractivity contribution in [1.82, 2.24) is 0 Å². The van der Waals surface area contributed by atoms with Crippen LogP contribution in [0.3, 0.4) is 0 Å². The van der Waals surface area contributed by atoms with E-state index in [-0.39, 0.29) is 12.4 Å². The maximum atomic E-state index is 12.9. The van der Waals surface area contributed by atoms with E-state index in [2.05, 4.69) is 5.32 Å². The molecule has 0 saturated carbocycles. The first-order valence-corrected chi connectivity index (χ1v) is 3.82. The summed E-state index contributed by atoms with van der Waals surface area (Å²) in [6, 6.07) is 4.51. The summed E-state index contributed by atoms with van der Waals surface area (Å²) in [7, 11) is 0. The first kappa shape index (κ1) is 9.51. The Kier molecular flexibility index (Phi) is 2.84. The van der Waals surface area contributed by atoms with Gasteiger partial charge in [-0.05, 0) is 19.1 Å². The minimum atomic E-state index is -0.969. The molecule has 0 fully saturated rings. The van der Waals surface area contributed by atoms with Gasteiger partial charge < -0.3 is 10.4 Å². The predicted octanol–water partition coefficient (Wildman–Crippen LogP) is 1.63. The van der Waals surface area contributed by atoms with Crippen molar-refractivity contribution >= 4 is 11.7 Å². The summed E-state index contributed by atoms with van der Waals surface area (Å²) in [5.41, 5.74) is 0.950. The molecule has 4 heteroatoms. The molecule has 0 heterocycles. The van der Waals surface area contributed by atoms with Crippen molar-refractivity contribution in [2.45, 2.75) is 6.92 Å². The summed E-state index contributed by atoms with van der Waals surface area (Å²) in [4.78, 5) is 10.2. The van der Waals surface area contributed by atoms with Crippen LogP contribution in [0.5, 0.6) is 0 Å². The second-order valence-electron chi connectivity index (χ2n) is 2.66. The van der Waals surface area contributed by atoms with Crippen LogP contribution in [0.1, 0.15) is 5.56 Å². The van der Waals surface area contributed by atoms with Gasteiger partial charge in [0.25, 0.3) is 0 Å². The summed E-state index contributed by atoms with van der Waals surface area (Å²) in [5.74, 6) is -1.31. The van der Waals surface area contributed by atoms with Gasteiger partial charge in [-0.15, -0.1) is 0 Å². The average Bonchev–Trinajstić information content (AvgIpc) is 2.07. The normalized spacial score (nSPS) is 9.69. The number of anilines is 1. The topological polar surface area (TPSA) is 49.3 Å². The molecule has 13 heavy (non-hydrogen) atoms. The second-order valence-corrected chi connectivity index (χ2v) is 2.66. The van der Waals surface area contributed by atoms with E-state index in [1.54, 1.807) is 13.0 Å². The highest BCUT2D eigenvalue weighted by Gasteiger charge is 2.03. The number of hydrogen-bond acceptors (Lipinski definition) is 2. The summed E-state index contributed by atoms with van der Waals surface area (Å²) in [5, 5.41) is 11.0. The smallest absolute Gasteiger partial charge is 0.322 e. The van der Waals surface area contributed by atoms with Crippen LogP contribution in [0.2, 0.25) is 0 Å². The number of halogens is 1. The van der Waals surface area contributed by atoms with E-state index in [0.29, 0.717) is 11.3 Å². The monoisotopic (exact) mass is 183 g/mol. The van der Waals surface area contributed by atoms with Crippen LogP contribution in [0, 0.1) is 12.7 Å². The van der Waals surface area contributed by atoms with Crippen molar-refractivity contribution in [3.63, 3.8) is 0 Å². The van der Waals surface area contributed by atoms with Gasteiger partial charge in [0.2, 0.25) is 0 Å². The zero-order chi connectivity index (χ0) is 9.84. The number of rotatable bonds is 3. The van der Waals surface area contributed by atoms with Crippen molar-refractivity contribution in [3.8, 4) is 0 Å². The lowest BCUT2D eigenvalue weighted by Crippen LogP contribution is -2.13. The fourth-order valence-corrected chi connectivity index (χ4v) is 0.970. The quantitative estimate of drug-likeness (QED) is 0.748. The van der Waals surface area contributed by atoms with Crippen molar-refractivity contribution in [2.24, 2.45) is 0 Å². The van der Waals surface area contributed by atoms with Crippen LogP contribution in [-0.2, 0) is 4.79 Å². The number of carboxylic acids is 1. The Morgan fingerprint density at radius 3 is 2.92 bits per heavy atom. The van der Waals surface area contributed by atoms with Crippen molar-refractivity contribution in [1.29, 1.82) is 0 Å². The first-order valence-electron chi connectivity index (χ1n) is 3.82. The van der Waals surface area contributed by atoms with E-state index in [4.69, 9.17) is 5.11 Å². The molecule has 0 bridgehead atoms. The Morgan fingerprint density at radius 2 is 2.31 bits per heavy atom. The Hall–Kier alpha value is -1.58. The molecule has 0 spiro atoms. The summed E-state index contributed by atoms with van der Waals surface area (Å²) in [6.45, 7) is 1.39. The molecule has 70 valence electrons. The van der Waals surface area contributed by atoms with Crippen molar-refractivity contribution in [3.05, 3.63) is 29.6 Å². The molecule has 0 aliphatic heterocycles. The largest absolute Gasteiger partial charge is 0.480 e. The number of carboxylic acid groups (broad SMARTS) is 1. The van der Waals surface area contributed by atoms with Gasteiger partial charge in [-0.25, -0.2) is 4.39 Å². The number of benzene rings is 1. The molecule has 1 aromatic rings. The van der Waals surface area contributed by atoms with Gasteiger partial charge >= 0.3 is 5.97 Å². The van der Waals surface area contributed by atoms with Gasteiger partial charge in [0.05, 0.1) is 0 Å². The van der Waals surface area contributed by atoms with E-state index in [0.717, 1.165) is 0 Å². The van der Waals surface area contributed by atoms with E-state index >= 15 is 0 Å². The van der Waals surface area contributed by atoms with Crippen LogP contribution in [0.15, 0.2) is 18.2 Å². The third-order valence-electron chi connectivity index (χ3n) is 1.70. The van der Waals surface area contributed by atoms with Crippen LogP contribution >= 0.6 is 0 Å². The molecular weight excluding hydrogens is 173 g/mol. The molecule has 0 aromatic heterocycles. The van der Waals surface area contributed by atoms with Crippen LogP contribution in [0.4, 0.5) is 10.1 Å². The van der Waals surface area contributed by atoms with E-state index < -0.39 is 5.97 Å². The van der Waals surface area contributed by atoms with E-state index in [1.807, 2.05) is 0 Å². The Bertz CT molecular complexity index is 325. The molecule has 3 nitrogen and oxygen atoms in total. The second kappa shape index (κ2) is 3.89. The number of hydrogen-bond donors (Lipinski definition) is 2. The van der Waals surface area contributed by atoms with Crippen LogP contribution < -0.4 is 5.32 Å².